The Morgan fingerprint density at radius 1 is 1.07 bits per heavy atom. The largest absolute Gasteiger partial charge is 0.496 e. The van der Waals surface area contributed by atoms with Crippen molar-refractivity contribution >= 4 is 17.4 Å². The first-order chi connectivity index (χ1) is 14.7. The third kappa shape index (κ3) is 3.26. The number of para-hydroxylation sites is 1. The van der Waals surface area contributed by atoms with Crippen LogP contribution in [0.5, 0.6) is 5.75 Å². The molecule has 2 unspecified atom stereocenters. The van der Waals surface area contributed by atoms with Gasteiger partial charge in [-0.05, 0) is 18.2 Å². The van der Waals surface area contributed by atoms with Crippen molar-refractivity contribution in [3.8, 4) is 5.75 Å². The first kappa shape index (κ1) is 18.8. The Morgan fingerprint density at radius 2 is 1.83 bits per heavy atom. The Labute approximate surface area is 175 Å². The van der Waals surface area contributed by atoms with Crippen molar-refractivity contribution in [3.63, 3.8) is 0 Å². The van der Waals surface area contributed by atoms with E-state index in [0.717, 1.165) is 61.2 Å². The molecule has 2 atom stereocenters. The van der Waals surface area contributed by atoms with Gasteiger partial charge < -0.3 is 14.5 Å². The Bertz CT molecular complexity index is 1070. The lowest BCUT2D eigenvalue weighted by atomic mass is 10.0. The molecule has 0 radical (unpaired) electrons. The third-order valence-electron chi connectivity index (χ3n) is 6.33. The Balaban J connectivity index is 1.24. The molecule has 0 aliphatic carbocycles. The maximum Gasteiger partial charge on any atom is 0.227 e. The molecule has 8 heteroatoms. The summed E-state index contributed by atoms with van der Waals surface area (Å²) in [5.74, 6) is 3.75. The molecule has 0 saturated carbocycles. The van der Waals surface area contributed by atoms with Crippen LogP contribution in [-0.4, -0.2) is 63.9 Å². The number of nitrogens with zero attached hydrogens (tertiary/aromatic N) is 6. The molecule has 2 aliphatic rings. The molecular weight excluding hydrogens is 380 g/mol. The van der Waals surface area contributed by atoms with Crippen molar-refractivity contribution in [3.05, 3.63) is 47.8 Å². The molecule has 8 nitrogen and oxygen atoms in total. The van der Waals surface area contributed by atoms with Crippen molar-refractivity contribution in [2.45, 2.75) is 19.8 Å². The van der Waals surface area contributed by atoms with Gasteiger partial charge in [-0.25, -0.2) is 0 Å². The van der Waals surface area contributed by atoms with Crippen LogP contribution in [0.25, 0.3) is 5.65 Å². The minimum Gasteiger partial charge on any atom is -0.496 e. The van der Waals surface area contributed by atoms with Crippen molar-refractivity contribution in [2.75, 3.05) is 38.2 Å². The highest BCUT2D eigenvalue weighted by Crippen LogP contribution is 2.34. The van der Waals surface area contributed by atoms with E-state index in [1.807, 2.05) is 45.8 Å². The fraction of sp³-hybridized carbons (Fsp3) is 0.455. The van der Waals surface area contributed by atoms with E-state index in [1.165, 1.54) is 0 Å². The van der Waals surface area contributed by atoms with Crippen LogP contribution < -0.4 is 9.64 Å². The third-order valence-corrected chi connectivity index (χ3v) is 6.33. The second-order valence-corrected chi connectivity index (χ2v) is 8.14. The number of aromatic nitrogens is 4. The number of ether oxygens (including phenoxy) is 1. The molecule has 156 valence electrons. The van der Waals surface area contributed by atoms with Gasteiger partial charge >= 0.3 is 0 Å². The number of benzene rings is 1. The van der Waals surface area contributed by atoms with Gasteiger partial charge in [-0.15, -0.1) is 15.3 Å². The second-order valence-electron chi connectivity index (χ2n) is 8.14. The number of hydrogen-bond acceptors (Lipinski definition) is 6. The second kappa shape index (κ2) is 7.59. The first-order valence-electron chi connectivity index (χ1n) is 10.5. The van der Waals surface area contributed by atoms with Gasteiger partial charge in [-0.3, -0.25) is 4.79 Å². The lowest BCUT2D eigenvalue weighted by Gasteiger charge is -2.22. The predicted octanol–water partition coefficient (Wildman–Crippen LogP) is 1.83. The number of carbonyl (C=O) groups excluding carboxylic acids is 1. The summed E-state index contributed by atoms with van der Waals surface area (Å²) >= 11 is 0. The summed E-state index contributed by atoms with van der Waals surface area (Å²) in [6.45, 7) is 5.52. The zero-order valence-corrected chi connectivity index (χ0v) is 17.4. The summed E-state index contributed by atoms with van der Waals surface area (Å²) in [4.78, 5) is 17.2. The quantitative estimate of drug-likeness (QED) is 0.644. The molecule has 0 N–H and O–H groups in total. The summed E-state index contributed by atoms with van der Waals surface area (Å²) in [5.41, 5.74) is 1.73. The number of fused-ring (bicyclic) bond motifs is 2. The van der Waals surface area contributed by atoms with E-state index in [9.17, 15) is 4.79 Å². The monoisotopic (exact) mass is 406 g/mol. The maximum absolute atomic E-state index is 12.9. The standard InChI is InChI=1S/C22H26N6O2/c1-3-19-23-24-20-8-9-21(25-28(19)20)26-11-16-13-27(14-17(16)12-26)22(29)10-15-6-4-5-7-18(15)30-2/h4-9,16-17H,3,10-14H2,1-2H3. The lowest BCUT2D eigenvalue weighted by molar-refractivity contribution is -0.129. The van der Waals surface area contributed by atoms with E-state index in [-0.39, 0.29) is 5.91 Å². The highest BCUT2D eigenvalue weighted by molar-refractivity contribution is 5.80. The van der Waals surface area contributed by atoms with Crippen LogP contribution >= 0.6 is 0 Å². The maximum atomic E-state index is 12.9. The molecule has 30 heavy (non-hydrogen) atoms. The van der Waals surface area contributed by atoms with E-state index in [0.29, 0.717) is 18.3 Å². The van der Waals surface area contributed by atoms with Gasteiger partial charge in [-0.1, -0.05) is 25.1 Å². The van der Waals surface area contributed by atoms with Crippen LogP contribution in [0.3, 0.4) is 0 Å². The number of hydrogen-bond donors (Lipinski definition) is 0. The molecule has 1 amide bonds. The molecule has 2 aliphatic heterocycles. The van der Waals surface area contributed by atoms with Gasteiger partial charge in [0.1, 0.15) is 11.6 Å². The first-order valence-corrected chi connectivity index (χ1v) is 10.5. The smallest absolute Gasteiger partial charge is 0.227 e. The van der Waals surface area contributed by atoms with Gasteiger partial charge in [0.25, 0.3) is 0 Å². The van der Waals surface area contributed by atoms with Gasteiger partial charge in [0.15, 0.2) is 11.5 Å². The molecule has 1 aromatic carbocycles. The predicted molar refractivity (Wildman–Crippen MR) is 113 cm³/mol. The van der Waals surface area contributed by atoms with Crippen molar-refractivity contribution in [1.82, 2.24) is 24.7 Å². The number of methoxy groups -OCH3 is 1. The highest BCUT2D eigenvalue weighted by atomic mass is 16.5. The molecule has 3 aromatic rings. The minimum atomic E-state index is 0.178. The lowest BCUT2D eigenvalue weighted by Crippen LogP contribution is -2.34. The van der Waals surface area contributed by atoms with E-state index in [1.54, 1.807) is 7.11 Å². The molecule has 2 aromatic heterocycles. The average Bonchev–Trinajstić information content (AvgIpc) is 3.46. The van der Waals surface area contributed by atoms with Crippen LogP contribution in [-0.2, 0) is 17.6 Å². The molecule has 2 fully saturated rings. The molecule has 0 spiro atoms. The summed E-state index contributed by atoms with van der Waals surface area (Å²) < 4.78 is 7.23. The summed E-state index contributed by atoms with van der Waals surface area (Å²) in [5, 5.41) is 13.1. The van der Waals surface area contributed by atoms with E-state index >= 15 is 0 Å². The molecule has 2 saturated heterocycles. The average molecular weight is 406 g/mol. The summed E-state index contributed by atoms with van der Waals surface area (Å²) in [6.07, 6.45) is 1.19. The van der Waals surface area contributed by atoms with Crippen LogP contribution in [0.1, 0.15) is 18.3 Å². The van der Waals surface area contributed by atoms with Gasteiger partial charge in [0.05, 0.1) is 13.5 Å². The Kier molecular flexibility index (Phi) is 4.77. The van der Waals surface area contributed by atoms with Crippen LogP contribution in [0.15, 0.2) is 36.4 Å². The number of carbonyl (C=O) groups is 1. The van der Waals surface area contributed by atoms with E-state index < -0.39 is 0 Å². The topological polar surface area (TPSA) is 75.9 Å². The van der Waals surface area contributed by atoms with Gasteiger partial charge in [0.2, 0.25) is 5.91 Å². The van der Waals surface area contributed by atoms with E-state index in [2.05, 4.69) is 22.0 Å². The Hall–Kier alpha value is -3.16. The summed E-state index contributed by atoms with van der Waals surface area (Å²) in [7, 11) is 1.65. The number of anilines is 1. The zero-order valence-electron chi connectivity index (χ0n) is 17.4. The minimum absolute atomic E-state index is 0.178. The van der Waals surface area contributed by atoms with Crippen LogP contribution in [0.4, 0.5) is 5.82 Å². The molecule has 5 rings (SSSR count). The number of likely N-dealkylation sites (tertiary alicyclic amines) is 1. The normalized spacial score (nSPS) is 20.7. The molecular formula is C22H26N6O2. The van der Waals surface area contributed by atoms with Crippen LogP contribution in [0, 0.1) is 11.8 Å². The van der Waals surface area contributed by atoms with E-state index in [4.69, 9.17) is 9.84 Å². The van der Waals surface area contributed by atoms with Crippen LogP contribution in [0.2, 0.25) is 0 Å². The van der Waals surface area contributed by atoms with Gasteiger partial charge in [-0.2, -0.15) is 4.52 Å². The fourth-order valence-electron chi connectivity index (χ4n) is 4.72. The number of aryl methyl sites for hydroxylation is 1. The Morgan fingerprint density at radius 3 is 2.57 bits per heavy atom. The van der Waals surface area contributed by atoms with Gasteiger partial charge in [0, 0.05) is 50.0 Å². The highest BCUT2D eigenvalue weighted by Gasteiger charge is 2.42. The summed E-state index contributed by atoms with van der Waals surface area (Å²) in [6, 6.07) is 11.7. The van der Waals surface area contributed by atoms with Crippen molar-refractivity contribution in [2.24, 2.45) is 11.8 Å². The SMILES string of the molecule is CCc1nnc2ccc(N3CC4CN(C(=O)Cc5ccccc5OC)CC4C3)nn12. The molecule has 4 heterocycles. The molecule has 0 bridgehead atoms. The van der Waals surface area contributed by atoms with Crippen molar-refractivity contribution in [1.29, 1.82) is 0 Å². The fourth-order valence-corrected chi connectivity index (χ4v) is 4.72. The number of rotatable bonds is 5. The zero-order chi connectivity index (χ0) is 20.7. The number of amides is 1. The van der Waals surface area contributed by atoms with Crippen molar-refractivity contribution < 1.29 is 9.53 Å².